The molecule has 0 radical (unpaired) electrons. The highest BCUT2D eigenvalue weighted by molar-refractivity contribution is 6.42. The molecule has 2 amide bonds. The van der Waals surface area contributed by atoms with Crippen LogP contribution in [0.4, 0.5) is 5.69 Å². The second-order valence-electron chi connectivity index (χ2n) is 5.27. The Hall–Kier alpha value is -2.24. The Kier molecular flexibility index (Phi) is 7.10. The standard InChI is InChI=1S/C18H18Cl2N2O3/c1-25-16-5-3-2-4-12(16)8-9-21-17(23)11-18(24)22-13-6-7-14(19)15(20)10-13/h2-7,10H,8-9,11H2,1H3,(H,21,23)(H,22,24). The lowest BCUT2D eigenvalue weighted by molar-refractivity contribution is -0.126. The number of nitrogens with one attached hydrogen (secondary N) is 2. The summed E-state index contributed by atoms with van der Waals surface area (Å²) in [6, 6.07) is 12.3. The molecule has 0 aliphatic rings. The van der Waals surface area contributed by atoms with Crippen molar-refractivity contribution < 1.29 is 14.3 Å². The molecule has 0 bridgehead atoms. The maximum absolute atomic E-state index is 11.9. The van der Waals surface area contributed by atoms with Gasteiger partial charge in [0.15, 0.2) is 0 Å². The number of amides is 2. The normalized spacial score (nSPS) is 10.2. The predicted octanol–water partition coefficient (Wildman–Crippen LogP) is 3.69. The number of halogens is 2. The van der Waals surface area contributed by atoms with Gasteiger partial charge in [0.05, 0.1) is 17.2 Å². The minimum absolute atomic E-state index is 0.272. The van der Waals surface area contributed by atoms with E-state index in [4.69, 9.17) is 27.9 Å². The van der Waals surface area contributed by atoms with E-state index in [-0.39, 0.29) is 12.3 Å². The maximum atomic E-state index is 11.9. The van der Waals surface area contributed by atoms with Crippen LogP contribution >= 0.6 is 23.2 Å². The fourth-order valence-corrected chi connectivity index (χ4v) is 2.53. The largest absolute Gasteiger partial charge is 0.496 e. The SMILES string of the molecule is COc1ccccc1CCNC(=O)CC(=O)Nc1ccc(Cl)c(Cl)c1. The van der Waals surface area contributed by atoms with Gasteiger partial charge in [-0.3, -0.25) is 9.59 Å². The third-order valence-electron chi connectivity index (χ3n) is 3.43. The molecule has 0 atom stereocenters. The number of hydrogen-bond acceptors (Lipinski definition) is 3. The predicted molar refractivity (Wildman–Crippen MR) is 99.4 cm³/mol. The van der Waals surface area contributed by atoms with Crippen molar-refractivity contribution in [1.82, 2.24) is 5.32 Å². The van der Waals surface area contributed by atoms with E-state index in [0.717, 1.165) is 11.3 Å². The number of anilines is 1. The number of methoxy groups -OCH3 is 1. The fraction of sp³-hybridized carbons (Fsp3) is 0.222. The Balaban J connectivity index is 1.77. The van der Waals surface area contributed by atoms with E-state index in [1.54, 1.807) is 19.2 Å². The first-order valence-corrected chi connectivity index (χ1v) is 8.38. The Morgan fingerprint density at radius 1 is 1.04 bits per heavy atom. The van der Waals surface area contributed by atoms with Crippen LogP contribution in [0.15, 0.2) is 42.5 Å². The summed E-state index contributed by atoms with van der Waals surface area (Å²) in [5, 5.41) is 6.05. The summed E-state index contributed by atoms with van der Waals surface area (Å²) in [5.41, 5.74) is 1.48. The van der Waals surface area contributed by atoms with E-state index in [1.807, 2.05) is 24.3 Å². The van der Waals surface area contributed by atoms with Gasteiger partial charge in [-0.25, -0.2) is 0 Å². The van der Waals surface area contributed by atoms with Crippen LogP contribution in [0.1, 0.15) is 12.0 Å². The highest BCUT2D eigenvalue weighted by Gasteiger charge is 2.10. The summed E-state index contributed by atoms with van der Waals surface area (Å²) >= 11 is 11.7. The number of para-hydroxylation sites is 1. The summed E-state index contributed by atoms with van der Waals surface area (Å²) < 4.78 is 5.25. The molecule has 132 valence electrons. The van der Waals surface area contributed by atoms with Gasteiger partial charge < -0.3 is 15.4 Å². The van der Waals surface area contributed by atoms with E-state index in [2.05, 4.69) is 10.6 Å². The molecule has 2 aromatic carbocycles. The first-order chi connectivity index (χ1) is 12.0. The van der Waals surface area contributed by atoms with Crippen molar-refractivity contribution in [1.29, 1.82) is 0 Å². The molecule has 0 spiro atoms. The molecule has 0 saturated heterocycles. The van der Waals surface area contributed by atoms with Gasteiger partial charge in [-0.15, -0.1) is 0 Å². The number of rotatable bonds is 7. The second kappa shape index (κ2) is 9.30. The lowest BCUT2D eigenvalue weighted by atomic mass is 10.1. The van der Waals surface area contributed by atoms with Crippen molar-refractivity contribution in [2.24, 2.45) is 0 Å². The molecular weight excluding hydrogens is 363 g/mol. The summed E-state index contributed by atoms with van der Waals surface area (Å²) in [6.45, 7) is 0.416. The molecule has 2 aromatic rings. The van der Waals surface area contributed by atoms with Gasteiger partial charge in [-0.05, 0) is 36.2 Å². The molecule has 0 fully saturated rings. The topological polar surface area (TPSA) is 67.4 Å². The molecule has 0 saturated carbocycles. The molecule has 25 heavy (non-hydrogen) atoms. The number of ether oxygens (including phenoxy) is 1. The van der Waals surface area contributed by atoms with Gasteiger partial charge in [0.25, 0.3) is 0 Å². The van der Waals surface area contributed by atoms with Crippen LogP contribution in [0.3, 0.4) is 0 Å². The Morgan fingerprint density at radius 2 is 1.80 bits per heavy atom. The second-order valence-corrected chi connectivity index (χ2v) is 6.08. The fourth-order valence-electron chi connectivity index (χ4n) is 2.23. The quantitative estimate of drug-likeness (QED) is 0.719. The van der Waals surface area contributed by atoms with Gasteiger partial charge >= 0.3 is 0 Å². The zero-order chi connectivity index (χ0) is 18.2. The summed E-state index contributed by atoms with van der Waals surface area (Å²) in [4.78, 5) is 23.7. The molecule has 0 aromatic heterocycles. The van der Waals surface area contributed by atoms with Crippen LogP contribution in [-0.2, 0) is 16.0 Å². The van der Waals surface area contributed by atoms with Crippen LogP contribution < -0.4 is 15.4 Å². The summed E-state index contributed by atoms with van der Waals surface area (Å²) in [7, 11) is 1.60. The van der Waals surface area contributed by atoms with Gasteiger partial charge in [0, 0.05) is 12.2 Å². The molecule has 0 aliphatic heterocycles. The number of hydrogen-bond donors (Lipinski definition) is 2. The monoisotopic (exact) mass is 380 g/mol. The number of carbonyl (C=O) groups is 2. The lowest BCUT2D eigenvalue weighted by Gasteiger charge is -2.09. The number of carbonyl (C=O) groups excluding carboxylic acids is 2. The van der Waals surface area contributed by atoms with Crippen molar-refractivity contribution >= 4 is 40.7 Å². The number of benzene rings is 2. The van der Waals surface area contributed by atoms with E-state index < -0.39 is 5.91 Å². The first-order valence-electron chi connectivity index (χ1n) is 7.63. The van der Waals surface area contributed by atoms with Crippen LogP contribution in [0.25, 0.3) is 0 Å². The van der Waals surface area contributed by atoms with E-state index in [9.17, 15) is 9.59 Å². The average molecular weight is 381 g/mol. The Labute approximate surface area is 156 Å². The highest BCUT2D eigenvalue weighted by Crippen LogP contribution is 2.25. The third kappa shape index (κ3) is 5.96. The minimum Gasteiger partial charge on any atom is -0.496 e. The molecule has 2 N–H and O–H groups in total. The minimum atomic E-state index is -0.423. The van der Waals surface area contributed by atoms with E-state index in [0.29, 0.717) is 28.7 Å². The zero-order valence-corrected chi connectivity index (χ0v) is 15.2. The molecular formula is C18H18Cl2N2O3. The van der Waals surface area contributed by atoms with E-state index in [1.165, 1.54) is 6.07 Å². The Morgan fingerprint density at radius 3 is 2.52 bits per heavy atom. The van der Waals surface area contributed by atoms with Crippen LogP contribution in [0.5, 0.6) is 5.75 Å². The van der Waals surface area contributed by atoms with Gasteiger partial charge in [0.1, 0.15) is 12.2 Å². The van der Waals surface area contributed by atoms with Crippen molar-refractivity contribution in [3.05, 3.63) is 58.1 Å². The van der Waals surface area contributed by atoms with Crippen molar-refractivity contribution in [3.63, 3.8) is 0 Å². The molecule has 0 aliphatic carbocycles. The Bertz CT molecular complexity index is 766. The molecule has 5 nitrogen and oxygen atoms in total. The summed E-state index contributed by atoms with van der Waals surface area (Å²) in [5.74, 6) is -0.00486. The van der Waals surface area contributed by atoms with Crippen molar-refractivity contribution in [3.8, 4) is 5.75 Å². The van der Waals surface area contributed by atoms with Gasteiger partial charge in [-0.1, -0.05) is 41.4 Å². The maximum Gasteiger partial charge on any atom is 0.233 e. The van der Waals surface area contributed by atoms with Crippen LogP contribution in [-0.4, -0.2) is 25.5 Å². The first kappa shape index (κ1) is 19.1. The highest BCUT2D eigenvalue weighted by atomic mass is 35.5. The van der Waals surface area contributed by atoms with Gasteiger partial charge in [-0.2, -0.15) is 0 Å². The molecule has 2 rings (SSSR count). The van der Waals surface area contributed by atoms with Crippen LogP contribution in [0.2, 0.25) is 10.0 Å². The zero-order valence-electron chi connectivity index (χ0n) is 13.6. The molecule has 0 heterocycles. The third-order valence-corrected chi connectivity index (χ3v) is 4.17. The van der Waals surface area contributed by atoms with Crippen LogP contribution in [0, 0.1) is 0 Å². The van der Waals surface area contributed by atoms with E-state index >= 15 is 0 Å². The van der Waals surface area contributed by atoms with Crippen molar-refractivity contribution in [2.45, 2.75) is 12.8 Å². The molecule has 0 unspecified atom stereocenters. The smallest absolute Gasteiger partial charge is 0.233 e. The lowest BCUT2D eigenvalue weighted by Crippen LogP contribution is -2.29. The summed E-state index contributed by atoms with van der Waals surface area (Å²) in [6.07, 6.45) is 0.344. The van der Waals surface area contributed by atoms with Crippen molar-refractivity contribution in [2.75, 3.05) is 19.0 Å². The average Bonchev–Trinajstić information content (AvgIpc) is 2.58. The van der Waals surface area contributed by atoms with Gasteiger partial charge in [0.2, 0.25) is 11.8 Å². The molecule has 7 heteroatoms.